The third-order valence-corrected chi connectivity index (χ3v) is 4.40. The number of benzene rings is 2. The Labute approximate surface area is 157 Å². The first-order valence-corrected chi connectivity index (χ1v) is 8.14. The summed E-state index contributed by atoms with van der Waals surface area (Å²) < 4.78 is 45.8. The topological polar surface area (TPSA) is 62.1 Å². The van der Waals surface area contributed by atoms with E-state index in [2.05, 4.69) is 5.10 Å². The molecule has 0 radical (unpaired) electrons. The maximum absolute atomic E-state index is 13.6. The summed E-state index contributed by atoms with van der Waals surface area (Å²) in [6.07, 6.45) is -5.99. The van der Waals surface area contributed by atoms with Gasteiger partial charge >= 0.3 is 6.18 Å². The first kappa shape index (κ1) is 19.2. The van der Waals surface area contributed by atoms with Gasteiger partial charge < -0.3 is 9.84 Å². The quantitative estimate of drug-likeness (QED) is 0.854. The number of hydrogen-bond donors (Lipinski definition) is 1. The highest BCUT2D eigenvalue weighted by molar-refractivity contribution is 6.30. The molecule has 1 N–H and O–H groups in total. The number of methoxy groups -OCH3 is 1. The van der Waals surface area contributed by atoms with E-state index >= 15 is 0 Å². The number of amides is 1. The van der Waals surface area contributed by atoms with Gasteiger partial charge in [-0.3, -0.25) is 4.79 Å². The van der Waals surface area contributed by atoms with Crippen LogP contribution in [0.15, 0.2) is 53.6 Å². The standard InChI is InChI=1S/C18H14ClF3N2O3/c1-27-14-8-4-11(5-9-14)15-10-17(26,18(20,21)22)24(23-15)16(25)12-2-6-13(19)7-3-12/h2-9,26H,10H2,1H3/t17-/m1/s1. The number of nitrogens with zero attached hydrogens (tertiary/aromatic N) is 2. The maximum Gasteiger partial charge on any atom is 0.438 e. The summed E-state index contributed by atoms with van der Waals surface area (Å²) in [5, 5.41) is 14.5. The molecule has 0 spiro atoms. The highest BCUT2D eigenvalue weighted by atomic mass is 35.5. The van der Waals surface area contributed by atoms with Crippen molar-refractivity contribution in [2.24, 2.45) is 5.10 Å². The van der Waals surface area contributed by atoms with Gasteiger partial charge in [-0.1, -0.05) is 11.6 Å². The average Bonchev–Trinajstić information content (AvgIpc) is 3.01. The molecule has 0 aliphatic carbocycles. The van der Waals surface area contributed by atoms with Gasteiger partial charge in [0, 0.05) is 10.6 Å². The third-order valence-electron chi connectivity index (χ3n) is 4.15. The van der Waals surface area contributed by atoms with Gasteiger partial charge in [-0.05, 0) is 54.1 Å². The summed E-state index contributed by atoms with van der Waals surface area (Å²) >= 11 is 5.74. The molecule has 0 saturated heterocycles. The van der Waals surface area contributed by atoms with Crippen molar-refractivity contribution in [1.82, 2.24) is 5.01 Å². The van der Waals surface area contributed by atoms with Crippen LogP contribution in [0.4, 0.5) is 13.2 Å². The molecule has 1 aliphatic heterocycles. The zero-order valence-corrected chi connectivity index (χ0v) is 14.8. The lowest BCUT2D eigenvalue weighted by molar-refractivity contribution is -0.297. The fourth-order valence-electron chi connectivity index (χ4n) is 2.64. The predicted molar refractivity (Wildman–Crippen MR) is 92.8 cm³/mol. The summed E-state index contributed by atoms with van der Waals surface area (Å²) in [4.78, 5) is 12.6. The van der Waals surface area contributed by atoms with Gasteiger partial charge in [0.15, 0.2) is 0 Å². The van der Waals surface area contributed by atoms with E-state index in [1.54, 1.807) is 12.1 Å². The Balaban J connectivity index is 2.01. The summed E-state index contributed by atoms with van der Waals surface area (Å²) in [6.45, 7) is 0. The van der Waals surface area contributed by atoms with Crippen LogP contribution in [-0.2, 0) is 0 Å². The smallest absolute Gasteiger partial charge is 0.438 e. The Morgan fingerprint density at radius 1 is 1.19 bits per heavy atom. The number of carbonyl (C=O) groups is 1. The van der Waals surface area contributed by atoms with Crippen molar-refractivity contribution >= 4 is 23.2 Å². The molecular formula is C18H14ClF3N2O3. The van der Waals surface area contributed by atoms with Gasteiger partial charge in [-0.15, -0.1) is 0 Å². The van der Waals surface area contributed by atoms with Crippen molar-refractivity contribution in [2.45, 2.75) is 18.3 Å². The first-order valence-electron chi connectivity index (χ1n) is 7.77. The molecule has 1 amide bonds. The average molecular weight is 399 g/mol. The Kier molecular flexibility index (Phi) is 4.88. The fraction of sp³-hybridized carbons (Fsp3) is 0.222. The molecule has 0 fully saturated rings. The Bertz CT molecular complexity index is 882. The summed E-state index contributed by atoms with van der Waals surface area (Å²) in [6, 6.07) is 11.4. The molecule has 1 atom stereocenters. The molecule has 9 heteroatoms. The van der Waals surface area contributed by atoms with E-state index in [-0.39, 0.29) is 16.3 Å². The van der Waals surface area contributed by atoms with E-state index in [9.17, 15) is 23.1 Å². The molecule has 0 bridgehead atoms. The molecule has 1 aliphatic rings. The van der Waals surface area contributed by atoms with Crippen LogP contribution in [0.1, 0.15) is 22.3 Å². The van der Waals surface area contributed by atoms with Crippen LogP contribution in [0.25, 0.3) is 0 Å². The van der Waals surface area contributed by atoms with E-state index in [0.29, 0.717) is 16.3 Å². The largest absolute Gasteiger partial charge is 0.497 e. The van der Waals surface area contributed by atoms with Crippen molar-refractivity contribution in [3.63, 3.8) is 0 Å². The molecule has 0 aromatic heterocycles. The Morgan fingerprint density at radius 3 is 2.30 bits per heavy atom. The Hall–Kier alpha value is -2.58. The Morgan fingerprint density at radius 2 is 1.78 bits per heavy atom. The number of hydrazone groups is 1. The van der Waals surface area contributed by atoms with E-state index in [1.807, 2.05) is 0 Å². The second kappa shape index (κ2) is 6.86. The van der Waals surface area contributed by atoms with Crippen LogP contribution in [-0.4, -0.2) is 40.7 Å². The minimum atomic E-state index is -5.10. The van der Waals surface area contributed by atoms with Gasteiger partial charge in [-0.25, -0.2) is 0 Å². The van der Waals surface area contributed by atoms with Crippen molar-refractivity contribution in [3.05, 3.63) is 64.7 Å². The number of carbonyl (C=O) groups excluding carboxylic acids is 1. The molecule has 27 heavy (non-hydrogen) atoms. The van der Waals surface area contributed by atoms with E-state index in [1.165, 1.54) is 43.5 Å². The van der Waals surface area contributed by atoms with Crippen LogP contribution >= 0.6 is 11.6 Å². The number of ether oxygens (including phenoxy) is 1. The maximum atomic E-state index is 13.6. The molecule has 2 aromatic rings. The summed E-state index contributed by atoms with van der Waals surface area (Å²) in [5.41, 5.74) is -3.26. The fourth-order valence-corrected chi connectivity index (χ4v) is 2.76. The normalized spacial score (nSPS) is 19.8. The van der Waals surface area contributed by atoms with Crippen molar-refractivity contribution in [2.75, 3.05) is 7.11 Å². The summed E-state index contributed by atoms with van der Waals surface area (Å²) in [5.74, 6) is -0.576. The molecule has 142 valence electrons. The zero-order valence-electron chi connectivity index (χ0n) is 14.0. The van der Waals surface area contributed by atoms with Gasteiger partial charge in [-0.2, -0.15) is 23.3 Å². The first-order chi connectivity index (χ1) is 12.7. The van der Waals surface area contributed by atoms with Crippen molar-refractivity contribution in [3.8, 4) is 5.75 Å². The van der Waals surface area contributed by atoms with E-state index in [4.69, 9.17) is 16.3 Å². The van der Waals surface area contributed by atoms with Crippen molar-refractivity contribution < 1.29 is 27.8 Å². The van der Waals surface area contributed by atoms with E-state index in [0.717, 1.165) is 0 Å². The van der Waals surface area contributed by atoms with Crippen LogP contribution < -0.4 is 4.74 Å². The predicted octanol–water partition coefficient (Wildman–Crippen LogP) is 3.85. The second-order valence-corrected chi connectivity index (χ2v) is 6.33. The molecule has 2 aromatic carbocycles. The van der Waals surface area contributed by atoms with Gasteiger partial charge in [0.2, 0.25) is 0 Å². The number of hydrogen-bond acceptors (Lipinski definition) is 4. The molecule has 0 saturated carbocycles. The molecule has 5 nitrogen and oxygen atoms in total. The highest BCUT2D eigenvalue weighted by Gasteiger charge is 2.63. The highest BCUT2D eigenvalue weighted by Crippen LogP contribution is 2.42. The minimum absolute atomic E-state index is 0.0696. The lowest BCUT2D eigenvalue weighted by atomic mass is 10.0. The SMILES string of the molecule is COc1ccc(C2=NN(C(=O)c3ccc(Cl)cc3)[C@](O)(C(F)(F)F)C2)cc1. The van der Waals surface area contributed by atoms with Gasteiger partial charge in [0.05, 0.1) is 19.2 Å². The molecular weight excluding hydrogens is 385 g/mol. The minimum Gasteiger partial charge on any atom is -0.497 e. The number of rotatable bonds is 3. The molecule has 1 heterocycles. The van der Waals surface area contributed by atoms with E-state index < -0.39 is 24.2 Å². The molecule has 3 rings (SSSR count). The van der Waals surface area contributed by atoms with Crippen LogP contribution in [0.3, 0.4) is 0 Å². The monoisotopic (exact) mass is 398 g/mol. The van der Waals surface area contributed by atoms with Crippen molar-refractivity contribution in [1.29, 1.82) is 0 Å². The lowest BCUT2D eigenvalue weighted by Crippen LogP contribution is -2.56. The van der Waals surface area contributed by atoms with Gasteiger partial charge in [0.1, 0.15) is 5.75 Å². The van der Waals surface area contributed by atoms with Crippen LogP contribution in [0.5, 0.6) is 5.75 Å². The molecule has 0 unspecified atom stereocenters. The number of halogens is 4. The van der Waals surface area contributed by atoms with Crippen LogP contribution in [0.2, 0.25) is 5.02 Å². The third kappa shape index (κ3) is 3.50. The zero-order chi connectivity index (χ0) is 19.8. The number of alkyl halides is 3. The second-order valence-electron chi connectivity index (χ2n) is 5.89. The lowest BCUT2D eigenvalue weighted by Gasteiger charge is -2.32. The van der Waals surface area contributed by atoms with Gasteiger partial charge in [0.25, 0.3) is 11.6 Å². The summed E-state index contributed by atoms with van der Waals surface area (Å²) in [7, 11) is 1.46. The number of aliphatic hydroxyl groups is 1. The van der Waals surface area contributed by atoms with Crippen LogP contribution in [0, 0.1) is 0 Å².